The van der Waals surface area contributed by atoms with Crippen LogP contribution in [0.3, 0.4) is 0 Å². The Morgan fingerprint density at radius 2 is 2.00 bits per heavy atom. The van der Waals surface area contributed by atoms with Crippen molar-refractivity contribution in [3.63, 3.8) is 0 Å². The summed E-state index contributed by atoms with van der Waals surface area (Å²) in [6, 6.07) is 2.67. The summed E-state index contributed by atoms with van der Waals surface area (Å²) in [6.07, 6.45) is 1.43. The summed E-state index contributed by atoms with van der Waals surface area (Å²) < 4.78 is 10.3. The smallest absolute Gasteiger partial charge is 0.287 e. The van der Waals surface area contributed by atoms with E-state index in [2.05, 4.69) is 5.32 Å². The summed E-state index contributed by atoms with van der Waals surface area (Å²) >= 11 is 0. The first-order valence-corrected chi connectivity index (χ1v) is 6.80. The molecule has 0 unspecified atom stereocenters. The molecular weight excluding hydrogens is 260 g/mol. The van der Waals surface area contributed by atoms with E-state index in [-0.39, 0.29) is 23.5 Å². The molecule has 0 radical (unpaired) electrons. The molecule has 1 N–H and O–H groups in total. The molecule has 2 heterocycles. The van der Waals surface area contributed by atoms with Gasteiger partial charge in [0.1, 0.15) is 6.04 Å². The van der Waals surface area contributed by atoms with E-state index < -0.39 is 6.04 Å². The van der Waals surface area contributed by atoms with Gasteiger partial charge in [0.15, 0.2) is 5.76 Å². The number of carbonyl (C=O) groups is 2. The number of carbonyl (C=O) groups excluding carboxylic acids is 2. The van der Waals surface area contributed by atoms with Crippen LogP contribution in [0.1, 0.15) is 24.4 Å². The fourth-order valence-corrected chi connectivity index (χ4v) is 2.11. The Morgan fingerprint density at radius 1 is 1.30 bits per heavy atom. The summed E-state index contributed by atoms with van der Waals surface area (Å²) in [7, 11) is 0. The van der Waals surface area contributed by atoms with Gasteiger partial charge >= 0.3 is 0 Å². The third-order valence-corrected chi connectivity index (χ3v) is 3.29. The lowest BCUT2D eigenvalue weighted by atomic mass is 10.0. The van der Waals surface area contributed by atoms with Gasteiger partial charge in [0.25, 0.3) is 5.91 Å². The summed E-state index contributed by atoms with van der Waals surface area (Å²) in [4.78, 5) is 26.2. The van der Waals surface area contributed by atoms with Crippen LogP contribution in [0.2, 0.25) is 0 Å². The summed E-state index contributed by atoms with van der Waals surface area (Å²) in [5.41, 5.74) is 0. The van der Waals surface area contributed by atoms with Crippen LogP contribution in [0.4, 0.5) is 0 Å². The topological polar surface area (TPSA) is 71.8 Å². The SMILES string of the molecule is CC(C)[C@H](NC(=O)c1ccco1)C(=O)N1CCOCC1. The van der Waals surface area contributed by atoms with Gasteiger partial charge in [-0.25, -0.2) is 0 Å². The van der Waals surface area contributed by atoms with Crippen molar-refractivity contribution >= 4 is 11.8 Å². The number of rotatable bonds is 4. The molecule has 0 spiro atoms. The van der Waals surface area contributed by atoms with E-state index >= 15 is 0 Å². The summed E-state index contributed by atoms with van der Waals surface area (Å²) in [6.45, 7) is 6.04. The number of furan rings is 1. The molecule has 6 heteroatoms. The zero-order valence-corrected chi connectivity index (χ0v) is 11.8. The number of nitrogens with zero attached hydrogens (tertiary/aromatic N) is 1. The number of ether oxygens (including phenoxy) is 1. The van der Waals surface area contributed by atoms with Gasteiger partial charge in [-0.05, 0) is 18.1 Å². The molecule has 20 heavy (non-hydrogen) atoms. The molecular formula is C14H20N2O4. The molecule has 0 saturated carbocycles. The molecule has 1 aliphatic rings. The molecule has 1 aromatic rings. The molecule has 2 rings (SSSR count). The van der Waals surface area contributed by atoms with E-state index in [0.717, 1.165) is 0 Å². The lowest BCUT2D eigenvalue weighted by Crippen LogP contribution is -2.53. The first kappa shape index (κ1) is 14.6. The second-order valence-corrected chi connectivity index (χ2v) is 5.11. The summed E-state index contributed by atoms with van der Waals surface area (Å²) in [5, 5.41) is 2.75. The van der Waals surface area contributed by atoms with Gasteiger partial charge in [-0.1, -0.05) is 13.8 Å². The molecule has 1 aliphatic heterocycles. The minimum Gasteiger partial charge on any atom is -0.459 e. The third-order valence-electron chi connectivity index (χ3n) is 3.29. The Hall–Kier alpha value is -1.82. The molecule has 0 aliphatic carbocycles. The number of nitrogens with one attached hydrogen (secondary N) is 1. The molecule has 0 aromatic carbocycles. The highest BCUT2D eigenvalue weighted by molar-refractivity contribution is 5.95. The van der Waals surface area contributed by atoms with Gasteiger partial charge in [-0.3, -0.25) is 9.59 Å². The first-order chi connectivity index (χ1) is 9.59. The van der Waals surface area contributed by atoms with Crippen molar-refractivity contribution < 1.29 is 18.7 Å². The Morgan fingerprint density at radius 3 is 2.55 bits per heavy atom. The van der Waals surface area contributed by atoms with Gasteiger partial charge in [-0.2, -0.15) is 0 Å². The first-order valence-electron chi connectivity index (χ1n) is 6.80. The fraction of sp³-hybridized carbons (Fsp3) is 0.571. The average molecular weight is 280 g/mol. The normalized spacial score (nSPS) is 17.1. The lowest BCUT2D eigenvalue weighted by molar-refractivity contribution is -0.138. The average Bonchev–Trinajstić information content (AvgIpc) is 2.98. The van der Waals surface area contributed by atoms with E-state index in [1.807, 2.05) is 13.8 Å². The van der Waals surface area contributed by atoms with Crippen molar-refractivity contribution in [1.82, 2.24) is 10.2 Å². The highest BCUT2D eigenvalue weighted by atomic mass is 16.5. The zero-order valence-electron chi connectivity index (χ0n) is 11.8. The Labute approximate surface area is 118 Å². The Kier molecular flexibility index (Phi) is 4.79. The zero-order chi connectivity index (χ0) is 14.5. The van der Waals surface area contributed by atoms with Crippen LogP contribution >= 0.6 is 0 Å². The number of hydrogen-bond donors (Lipinski definition) is 1. The molecule has 1 fully saturated rings. The predicted octanol–water partition coefficient (Wildman–Crippen LogP) is 0.893. The van der Waals surface area contributed by atoms with Gasteiger partial charge in [0.05, 0.1) is 19.5 Å². The van der Waals surface area contributed by atoms with Gasteiger partial charge in [-0.15, -0.1) is 0 Å². The van der Waals surface area contributed by atoms with Crippen LogP contribution in [0.25, 0.3) is 0 Å². The van der Waals surface area contributed by atoms with E-state index in [4.69, 9.17) is 9.15 Å². The second-order valence-electron chi connectivity index (χ2n) is 5.11. The molecule has 110 valence electrons. The van der Waals surface area contributed by atoms with Gasteiger partial charge in [0, 0.05) is 13.1 Å². The maximum atomic E-state index is 12.5. The van der Waals surface area contributed by atoms with Crippen molar-refractivity contribution in [2.24, 2.45) is 5.92 Å². The Balaban J connectivity index is 2.02. The predicted molar refractivity (Wildman–Crippen MR) is 72.2 cm³/mol. The van der Waals surface area contributed by atoms with E-state index in [9.17, 15) is 9.59 Å². The van der Waals surface area contributed by atoms with Crippen LogP contribution in [0.5, 0.6) is 0 Å². The van der Waals surface area contributed by atoms with Crippen LogP contribution in [0, 0.1) is 5.92 Å². The molecule has 2 amide bonds. The third kappa shape index (κ3) is 3.39. The number of morpholine rings is 1. The van der Waals surface area contributed by atoms with Crippen LogP contribution < -0.4 is 5.32 Å². The van der Waals surface area contributed by atoms with Crippen molar-refractivity contribution in [2.45, 2.75) is 19.9 Å². The minimum atomic E-state index is -0.550. The molecule has 1 saturated heterocycles. The van der Waals surface area contributed by atoms with Gasteiger partial charge < -0.3 is 19.4 Å². The van der Waals surface area contributed by atoms with E-state index in [0.29, 0.717) is 26.3 Å². The van der Waals surface area contributed by atoms with Crippen LogP contribution in [0.15, 0.2) is 22.8 Å². The standard InChI is InChI=1S/C14H20N2O4/c1-10(2)12(14(18)16-5-8-19-9-6-16)15-13(17)11-4-3-7-20-11/h3-4,7,10,12H,5-6,8-9H2,1-2H3,(H,15,17)/t12-/m0/s1. The monoisotopic (exact) mass is 280 g/mol. The fourth-order valence-electron chi connectivity index (χ4n) is 2.11. The largest absolute Gasteiger partial charge is 0.459 e. The second kappa shape index (κ2) is 6.56. The molecule has 6 nitrogen and oxygen atoms in total. The van der Waals surface area contributed by atoms with Crippen LogP contribution in [-0.2, 0) is 9.53 Å². The van der Waals surface area contributed by atoms with Crippen molar-refractivity contribution in [3.05, 3.63) is 24.2 Å². The molecule has 1 aromatic heterocycles. The highest BCUT2D eigenvalue weighted by Gasteiger charge is 2.30. The van der Waals surface area contributed by atoms with Gasteiger partial charge in [0.2, 0.25) is 5.91 Å². The minimum absolute atomic E-state index is 0.00394. The van der Waals surface area contributed by atoms with Crippen LogP contribution in [-0.4, -0.2) is 49.1 Å². The maximum absolute atomic E-state index is 12.5. The Bertz CT molecular complexity index is 450. The van der Waals surface area contributed by atoms with E-state index in [1.165, 1.54) is 6.26 Å². The number of hydrogen-bond acceptors (Lipinski definition) is 4. The van der Waals surface area contributed by atoms with Crippen molar-refractivity contribution in [1.29, 1.82) is 0 Å². The summed E-state index contributed by atoms with van der Waals surface area (Å²) in [5.74, 6) is -0.215. The van der Waals surface area contributed by atoms with E-state index in [1.54, 1.807) is 17.0 Å². The van der Waals surface area contributed by atoms with Crippen molar-refractivity contribution in [3.8, 4) is 0 Å². The van der Waals surface area contributed by atoms with Crippen molar-refractivity contribution in [2.75, 3.05) is 26.3 Å². The molecule has 1 atom stereocenters. The number of amides is 2. The molecule has 0 bridgehead atoms. The lowest BCUT2D eigenvalue weighted by Gasteiger charge is -2.32. The highest BCUT2D eigenvalue weighted by Crippen LogP contribution is 2.10. The maximum Gasteiger partial charge on any atom is 0.287 e. The quantitative estimate of drug-likeness (QED) is 0.889.